The predicted octanol–water partition coefficient (Wildman–Crippen LogP) is 5.18. The van der Waals surface area contributed by atoms with Gasteiger partial charge in [-0.15, -0.1) is 11.8 Å². The molecule has 148 valence electrons. The molecule has 6 nitrogen and oxygen atoms in total. The number of nitrogens with one attached hydrogen (secondary N) is 2. The number of nitriles is 1. The fraction of sp³-hybridized carbons (Fsp3) is 0.318. The Labute approximate surface area is 174 Å². The summed E-state index contributed by atoms with van der Waals surface area (Å²) in [6, 6.07) is 17.7. The fourth-order valence-corrected chi connectivity index (χ4v) is 4.51. The summed E-state index contributed by atoms with van der Waals surface area (Å²) >= 11 is 1.59. The minimum absolute atomic E-state index is 0.0418. The van der Waals surface area contributed by atoms with E-state index in [1.807, 2.05) is 60.4 Å². The Kier molecular flexibility index (Phi) is 5.72. The molecule has 2 amide bonds. The van der Waals surface area contributed by atoms with Gasteiger partial charge in [-0.3, -0.25) is 0 Å². The van der Waals surface area contributed by atoms with Crippen LogP contribution in [-0.2, 0) is 0 Å². The number of para-hydroxylation sites is 3. The van der Waals surface area contributed by atoms with Gasteiger partial charge in [-0.25, -0.2) is 9.78 Å². The summed E-state index contributed by atoms with van der Waals surface area (Å²) in [5.74, 6) is 1.48. The van der Waals surface area contributed by atoms with E-state index in [1.54, 1.807) is 11.8 Å². The Morgan fingerprint density at radius 1 is 1.34 bits per heavy atom. The van der Waals surface area contributed by atoms with Crippen LogP contribution in [0.3, 0.4) is 0 Å². The maximum absolute atomic E-state index is 13.1. The monoisotopic (exact) mass is 405 g/mol. The van der Waals surface area contributed by atoms with E-state index in [4.69, 9.17) is 10.2 Å². The van der Waals surface area contributed by atoms with Gasteiger partial charge in [0.15, 0.2) is 0 Å². The molecule has 1 aromatic heterocycles. The number of carbonyl (C=O) groups excluding carboxylic acids is 1. The van der Waals surface area contributed by atoms with Crippen LogP contribution in [0.15, 0.2) is 53.4 Å². The highest BCUT2D eigenvalue weighted by molar-refractivity contribution is 7.99. The van der Waals surface area contributed by atoms with Crippen molar-refractivity contribution in [2.75, 3.05) is 17.6 Å². The van der Waals surface area contributed by atoms with E-state index in [0.717, 1.165) is 40.3 Å². The smallest absolute Gasteiger partial charge is 0.322 e. The lowest BCUT2D eigenvalue weighted by atomic mass is 10.2. The van der Waals surface area contributed by atoms with Crippen molar-refractivity contribution in [1.82, 2.24) is 14.9 Å². The summed E-state index contributed by atoms with van der Waals surface area (Å²) in [7, 11) is 0. The zero-order valence-electron chi connectivity index (χ0n) is 16.3. The normalized spacial score (nSPS) is 17.2. The number of amides is 2. The highest BCUT2D eigenvalue weighted by Gasteiger charge is 2.32. The number of nitrogens with zero attached hydrogens (tertiary/aromatic N) is 3. The number of likely N-dealkylation sites (tertiary alicyclic amines) is 1. The largest absolute Gasteiger partial charge is 0.340 e. The number of imidazole rings is 1. The van der Waals surface area contributed by atoms with Crippen LogP contribution < -0.4 is 5.32 Å². The second-order valence-electron chi connectivity index (χ2n) is 7.26. The van der Waals surface area contributed by atoms with Crippen molar-refractivity contribution in [1.29, 1.82) is 5.26 Å². The maximum Gasteiger partial charge on any atom is 0.322 e. The minimum Gasteiger partial charge on any atom is -0.340 e. The molecule has 1 aliphatic heterocycles. The molecule has 2 unspecified atom stereocenters. The first-order valence-corrected chi connectivity index (χ1v) is 10.8. The van der Waals surface area contributed by atoms with E-state index >= 15 is 0 Å². The van der Waals surface area contributed by atoms with Crippen molar-refractivity contribution in [2.24, 2.45) is 5.92 Å². The number of rotatable bonds is 5. The van der Waals surface area contributed by atoms with Crippen LogP contribution in [0.2, 0.25) is 0 Å². The summed E-state index contributed by atoms with van der Waals surface area (Å²) in [5, 5.41) is 12.1. The number of hydrogen-bond donors (Lipinski definition) is 2. The summed E-state index contributed by atoms with van der Waals surface area (Å²) in [4.78, 5) is 24.0. The molecule has 0 bridgehead atoms. The van der Waals surface area contributed by atoms with E-state index in [0.29, 0.717) is 12.3 Å². The number of benzene rings is 2. The van der Waals surface area contributed by atoms with Crippen LogP contribution >= 0.6 is 11.8 Å². The van der Waals surface area contributed by atoms with Crippen molar-refractivity contribution in [3.8, 4) is 6.07 Å². The molecule has 0 saturated carbocycles. The first-order chi connectivity index (χ1) is 14.2. The van der Waals surface area contributed by atoms with E-state index < -0.39 is 0 Å². The van der Waals surface area contributed by atoms with Gasteiger partial charge in [-0.1, -0.05) is 24.3 Å². The van der Waals surface area contributed by atoms with Gasteiger partial charge in [0.05, 0.1) is 34.7 Å². The van der Waals surface area contributed by atoms with Gasteiger partial charge in [0.2, 0.25) is 0 Å². The molecule has 29 heavy (non-hydrogen) atoms. The highest BCUT2D eigenvalue weighted by atomic mass is 32.2. The van der Waals surface area contributed by atoms with Crippen LogP contribution in [0.4, 0.5) is 10.5 Å². The molecular weight excluding hydrogens is 382 g/mol. The van der Waals surface area contributed by atoms with Crippen molar-refractivity contribution in [3.63, 3.8) is 0 Å². The van der Waals surface area contributed by atoms with Crippen LogP contribution in [0, 0.1) is 17.2 Å². The third-order valence-corrected chi connectivity index (χ3v) is 6.41. The number of fused-ring (bicyclic) bond motifs is 1. The molecule has 3 aromatic rings. The van der Waals surface area contributed by atoms with Gasteiger partial charge in [-0.2, -0.15) is 5.26 Å². The molecule has 2 atom stereocenters. The second-order valence-corrected chi connectivity index (χ2v) is 8.32. The van der Waals surface area contributed by atoms with Gasteiger partial charge < -0.3 is 15.2 Å². The van der Waals surface area contributed by atoms with Crippen molar-refractivity contribution >= 4 is 34.5 Å². The minimum atomic E-state index is -0.116. The molecule has 0 spiro atoms. The number of carbonyl (C=O) groups is 1. The van der Waals surface area contributed by atoms with E-state index in [2.05, 4.69) is 16.4 Å². The second kappa shape index (κ2) is 8.58. The Hall–Kier alpha value is -2.98. The molecule has 1 fully saturated rings. The zero-order chi connectivity index (χ0) is 20.2. The van der Waals surface area contributed by atoms with Crippen LogP contribution in [0.5, 0.6) is 0 Å². The van der Waals surface area contributed by atoms with Crippen molar-refractivity contribution < 1.29 is 4.79 Å². The number of aromatic nitrogens is 2. The fourth-order valence-electron chi connectivity index (χ4n) is 3.56. The van der Waals surface area contributed by atoms with Gasteiger partial charge in [0.1, 0.15) is 5.82 Å². The first-order valence-electron chi connectivity index (χ1n) is 9.79. The van der Waals surface area contributed by atoms with Crippen LogP contribution in [0.25, 0.3) is 11.0 Å². The Bertz CT molecular complexity index is 1020. The first kappa shape index (κ1) is 19.3. The lowest BCUT2D eigenvalue weighted by Crippen LogP contribution is -2.35. The van der Waals surface area contributed by atoms with Gasteiger partial charge in [0.25, 0.3) is 0 Å². The van der Waals surface area contributed by atoms with E-state index in [-0.39, 0.29) is 18.0 Å². The number of thioether (sulfide) groups is 1. The third-order valence-electron chi connectivity index (χ3n) is 5.07. The molecule has 4 rings (SSSR count). The molecule has 2 aromatic carbocycles. The van der Waals surface area contributed by atoms with Gasteiger partial charge >= 0.3 is 6.03 Å². The molecule has 0 aliphatic carbocycles. The summed E-state index contributed by atoms with van der Waals surface area (Å²) < 4.78 is 0. The number of hydrogen-bond acceptors (Lipinski definition) is 4. The quantitative estimate of drug-likeness (QED) is 0.573. The van der Waals surface area contributed by atoms with Crippen LogP contribution in [0.1, 0.15) is 31.6 Å². The molecule has 2 N–H and O–H groups in total. The van der Waals surface area contributed by atoms with Crippen molar-refractivity contribution in [3.05, 3.63) is 54.4 Å². The lowest BCUT2D eigenvalue weighted by molar-refractivity contribution is 0.205. The molecular formula is C22H23N5OS. The number of aromatic amines is 1. The summed E-state index contributed by atoms with van der Waals surface area (Å²) in [5.41, 5.74) is 2.69. The van der Waals surface area contributed by atoms with Gasteiger partial charge in [0, 0.05) is 17.2 Å². The number of H-pyrrole nitrogens is 1. The zero-order valence-corrected chi connectivity index (χ0v) is 17.1. The predicted molar refractivity (Wildman–Crippen MR) is 116 cm³/mol. The number of urea groups is 1. The average molecular weight is 406 g/mol. The molecule has 0 radical (unpaired) electrons. The Morgan fingerprint density at radius 2 is 2.14 bits per heavy atom. The average Bonchev–Trinajstić information content (AvgIpc) is 3.39. The van der Waals surface area contributed by atoms with Crippen molar-refractivity contribution in [2.45, 2.75) is 30.7 Å². The third kappa shape index (κ3) is 4.22. The molecule has 1 aliphatic rings. The topological polar surface area (TPSA) is 84.8 Å². The standard InChI is InChI=1S/C22H23N5OS/c1-15(13-23)14-29-20-11-5-4-9-18(20)26-22(28)27-12-6-10-19(27)21-24-16-7-2-3-8-17(16)25-21/h2-5,7-9,11,15,19H,6,10,12,14H2,1H3,(H,24,25)(H,26,28). The summed E-state index contributed by atoms with van der Waals surface area (Å²) in [6.45, 7) is 2.60. The summed E-state index contributed by atoms with van der Waals surface area (Å²) in [6.07, 6.45) is 1.84. The Balaban J connectivity index is 1.50. The maximum atomic E-state index is 13.1. The lowest BCUT2D eigenvalue weighted by Gasteiger charge is -2.24. The van der Waals surface area contributed by atoms with E-state index in [9.17, 15) is 4.79 Å². The number of anilines is 1. The molecule has 7 heteroatoms. The van der Waals surface area contributed by atoms with E-state index in [1.165, 1.54) is 0 Å². The molecule has 2 heterocycles. The SMILES string of the molecule is CC(C#N)CSc1ccccc1NC(=O)N1CCCC1c1nc2ccccc2[nH]1. The van der Waals surface area contributed by atoms with Crippen LogP contribution in [-0.4, -0.2) is 33.2 Å². The van der Waals surface area contributed by atoms with Gasteiger partial charge in [-0.05, 0) is 44.0 Å². The Morgan fingerprint density at radius 3 is 2.97 bits per heavy atom. The highest BCUT2D eigenvalue weighted by Crippen LogP contribution is 2.33. The molecule has 1 saturated heterocycles.